The summed E-state index contributed by atoms with van der Waals surface area (Å²) in [5.74, 6) is -0.733. The number of hydrogen-bond acceptors (Lipinski definition) is 4. The largest absolute Gasteiger partial charge is 0.465 e. The summed E-state index contributed by atoms with van der Waals surface area (Å²) in [6.45, 7) is 5.81. The SMILES string of the molecule is CCc1cccc(C)c1N(CCC(=O)Nc1ccc(C(=O)OC)cc1)C(C)=O. The van der Waals surface area contributed by atoms with Gasteiger partial charge in [0.05, 0.1) is 12.7 Å². The van der Waals surface area contributed by atoms with E-state index < -0.39 is 5.97 Å². The van der Waals surface area contributed by atoms with Crippen molar-refractivity contribution in [3.8, 4) is 0 Å². The van der Waals surface area contributed by atoms with E-state index in [-0.39, 0.29) is 18.2 Å². The van der Waals surface area contributed by atoms with E-state index in [1.54, 1.807) is 29.2 Å². The molecule has 0 unspecified atom stereocenters. The van der Waals surface area contributed by atoms with Crippen LogP contribution in [-0.2, 0) is 20.7 Å². The van der Waals surface area contributed by atoms with Gasteiger partial charge in [-0.1, -0.05) is 25.1 Å². The number of benzene rings is 2. The Morgan fingerprint density at radius 2 is 1.75 bits per heavy atom. The molecule has 148 valence electrons. The molecule has 0 bridgehead atoms. The minimum atomic E-state index is -0.431. The molecule has 2 rings (SSSR count). The Labute approximate surface area is 165 Å². The normalized spacial score (nSPS) is 10.3. The van der Waals surface area contributed by atoms with Crippen LogP contribution in [0.25, 0.3) is 0 Å². The molecule has 0 atom stereocenters. The minimum absolute atomic E-state index is 0.0979. The maximum Gasteiger partial charge on any atom is 0.337 e. The Morgan fingerprint density at radius 1 is 1.07 bits per heavy atom. The first kappa shape index (κ1) is 21.2. The van der Waals surface area contributed by atoms with Gasteiger partial charge in [0.15, 0.2) is 0 Å². The number of aryl methyl sites for hydroxylation is 2. The number of carbonyl (C=O) groups excluding carboxylic acids is 3. The van der Waals surface area contributed by atoms with Crippen molar-refractivity contribution in [3.05, 3.63) is 59.2 Å². The van der Waals surface area contributed by atoms with Crippen LogP contribution in [0.1, 0.15) is 41.8 Å². The molecule has 1 N–H and O–H groups in total. The summed E-state index contributed by atoms with van der Waals surface area (Å²) < 4.78 is 4.65. The number of nitrogens with zero attached hydrogens (tertiary/aromatic N) is 1. The highest BCUT2D eigenvalue weighted by Crippen LogP contribution is 2.26. The molecule has 6 heteroatoms. The molecule has 28 heavy (non-hydrogen) atoms. The van der Waals surface area contributed by atoms with Gasteiger partial charge >= 0.3 is 5.97 Å². The molecule has 6 nitrogen and oxygen atoms in total. The van der Waals surface area contributed by atoms with Gasteiger partial charge in [0, 0.05) is 31.3 Å². The molecule has 0 aliphatic heterocycles. The van der Waals surface area contributed by atoms with Crippen molar-refractivity contribution in [3.63, 3.8) is 0 Å². The molecular weight excluding hydrogens is 356 g/mol. The number of hydrogen-bond donors (Lipinski definition) is 1. The summed E-state index contributed by atoms with van der Waals surface area (Å²) in [6.07, 6.45) is 0.968. The molecular formula is C22H26N2O4. The monoisotopic (exact) mass is 382 g/mol. The Kier molecular flexibility index (Phi) is 7.32. The van der Waals surface area contributed by atoms with Crippen molar-refractivity contribution >= 4 is 29.2 Å². The average Bonchev–Trinajstić information content (AvgIpc) is 2.68. The van der Waals surface area contributed by atoms with E-state index in [1.165, 1.54) is 14.0 Å². The summed E-state index contributed by atoms with van der Waals surface area (Å²) in [5.41, 5.74) is 3.96. The average molecular weight is 382 g/mol. The first-order valence-corrected chi connectivity index (χ1v) is 9.22. The van der Waals surface area contributed by atoms with Gasteiger partial charge in [-0.05, 0) is 48.7 Å². The van der Waals surface area contributed by atoms with Crippen LogP contribution in [-0.4, -0.2) is 31.4 Å². The number of rotatable bonds is 7. The Morgan fingerprint density at radius 3 is 2.32 bits per heavy atom. The smallest absolute Gasteiger partial charge is 0.337 e. The van der Waals surface area contributed by atoms with Crippen LogP contribution in [0, 0.1) is 6.92 Å². The minimum Gasteiger partial charge on any atom is -0.465 e. The Balaban J connectivity index is 2.05. The van der Waals surface area contributed by atoms with Crippen molar-refractivity contribution in [2.45, 2.75) is 33.6 Å². The van der Waals surface area contributed by atoms with Crippen LogP contribution in [0.15, 0.2) is 42.5 Å². The number of anilines is 2. The highest BCUT2D eigenvalue weighted by atomic mass is 16.5. The van der Waals surface area contributed by atoms with Gasteiger partial charge in [0.2, 0.25) is 11.8 Å². The third kappa shape index (κ3) is 5.19. The fourth-order valence-corrected chi connectivity index (χ4v) is 3.06. The number of esters is 1. The van der Waals surface area contributed by atoms with Crippen LogP contribution < -0.4 is 10.2 Å². The van der Waals surface area contributed by atoms with Crippen LogP contribution >= 0.6 is 0 Å². The first-order valence-electron chi connectivity index (χ1n) is 9.22. The molecule has 0 spiro atoms. The van der Waals surface area contributed by atoms with Gasteiger partial charge < -0.3 is 15.0 Å². The second-order valence-corrected chi connectivity index (χ2v) is 6.47. The predicted octanol–water partition coefficient (Wildman–Crippen LogP) is 3.73. The van der Waals surface area contributed by atoms with Gasteiger partial charge in [-0.3, -0.25) is 9.59 Å². The first-order chi connectivity index (χ1) is 13.4. The summed E-state index contributed by atoms with van der Waals surface area (Å²) in [5, 5.41) is 2.79. The third-order valence-electron chi connectivity index (χ3n) is 4.50. The standard InChI is InChI=1S/C22H26N2O4/c1-5-17-8-6-7-15(2)21(17)24(16(3)25)14-13-20(26)23-19-11-9-18(10-12-19)22(27)28-4/h6-12H,5,13-14H2,1-4H3,(H,23,26). The third-order valence-corrected chi connectivity index (χ3v) is 4.50. The summed E-state index contributed by atoms with van der Waals surface area (Å²) in [7, 11) is 1.32. The molecule has 0 aliphatic carbocycles. The van der Waals surface area contributed by atoms with E-state index in [1.807, 2.05) is 32.0 Å². The van der Waals surface area contributed by atoms with Crippen LogP contribution in [0.3, 0.4) is 0 Å². The zero-order chi connectivity index (χ0) is 20.7. The molecule has 2 amide bonds. The quantitative estimate of drug-likeness (QED) is 0.741. The summed E-state index contributed by atoms with van der Waals surface area (Å²) in [6, 6.07) is 12.4. The lowest BCUT2D eigenvalue weighted by Crippen LogP contribution is -2.33. The predicted molar refractivity (Wildman–Crippen MR) is 110 cm³/mol. The van der Waals surface area contributed by atoms with Gasteiger partial charge in [-0.25, -0.2) is 4.79 Å². The van der Waals surface area contributed by atoms with E-state index in [2.05, 4.69) is 10.1 Å². The van der Waals surface area contributed by atoms with Crippen LogP contribution in [0.2, 0.25) is 0 Å². The molecule has 0 aliphatic rings. The topological polar surface area (TPSA) is 75.7 Å². The van der Waals surface area contributed by atoms with E-state index in [9.17, 15) is 14.4 Å². The van der Waals surface area contributed by atoms with Gasteiger partial charge in [0.25, 0.3) is 0 Å². The van der Waals surface area contributed by atoms with E-state index in [4.69, 9.17) is 0 Å². The van der Waals surface area contributed by atoms with Gasteiger partial charge in [-0.15, -0.1) is 0 Å². The van der Waals surface area contributed by atoms with Crippen molar-refractivity contribution in [1.29, 1.82) is 0 Å². The molecule has 0 radical (unpaired) electrons. The maximum atomic E-state index is 12.3. The van der Waals surface area contributed by atoms with Crippen molar-refractivity contribution in [2.24, 2.45) is 0 Å². The van der Waals surface area contributed by atoms with E-state index in [0.717, 1.165) is 23.2 Å². The number of methoxy groups -OCH3 is 1. The zero-order valence-electron chi connectivity index (χ0n) is 16.7. The Hall–Kier alpha value is -3.15. The highest BCUT2D eigenvalue weighted by Gasteiger charge is 2.18. The molecule has 2 aromatic rings. The lowest BCUT2D eigenvalue weighted by Gasteiger charge is -2.25. The number of nitrogens with one attached hydrogen (secondary N) is 1. The molecule has 2 aromatic carbocycles. The second-order valence-electron chi connectivity index (χ2n) is 6.47. The fourth-order valence-electron chi connectivity index (χ4n) is 3.06. The number of carbonyl (C=O) groups is 3. The lowest BCUT2D eigenvalue weighted by atomic mass is 10.0. The highest BCUT2D eigenvalue weighted by molar-refractivity contribution is 5.96. The summed E-state index contributed by atoms with van der Waals surface area (Å²) in [4.78, 5) is 37.7. The Bertz CT molecular complexity index is 859. The fraction of sp³-hybridized carbons (Fsp3) is 0.318. The molecule has 0 saturated heterocycles. The molecule has 0 fully saturated rings. The number of ether oxygens (including phenoxy) is 1. The van der Waals surface area contributed by atoms with Gasteiger partial charge in [-0.2, -0.15) is 0 Å². The van der Waals surface area contributed by atoms with E-state index in [0.29, 0.717) is 17.8 Å². The molecule has 0 aromatic heterocycles. The van der Waals surface area contributed by atoms with Crippen molar-refractivity contribution in [1.82, 2.24) is 0 Å². The van der Waals surface area contributed by atoms with Crippen LogP contribution in [0.4, 0.5) is 11.4 Å². The summed E-state index contributed by atoms with van der Waals surface area (Å²) >= 11 is 0. The molecule has 0 saturated carbocycles. The van der Waals surface area contributed by atoms with E-state index >= 15 is 0 Å². The van der Waals surface area contributed by atoms with Crippen molar-refractivity contribution < 1.29 is 19.1 Å². The maximum absolute atomic E-state index is 12.3. The number of para-hydroxylation sites is 1. The molecule has 0 heterocycles. The lowest BCUT2D eigenvalue weighted by molar-refractivity contribution is -0.117. The number of amides is 2. The van der Waals surface area contributed by atoms with Crippen LogP contribution in [0.5, 0.6) is 0 Å². The van der Waals surface area contributed by atoms with Crippen molar-refractivity contribution in [2.75, 3.05) is 23.9 Å². The second kappa shape index (κ2) is 9.69. The van der Waals surface area contributed by atoms with Gasteiger partial charge in [0.1, 0.15) is 0 Å². The zero-order valence-corrected chi connectivity index (χ0v) is 16.7.